The second kappa shape index (κ2) is 5.69. The predicted octanol–water partition coefficient (Wildman–Crippen LogP) is -0.106. The molecule has 0 spiro atoms. The van der Waals surface area contributed by atoms with Crippen LogP contribution in [-0.2, 0) is 19.4 Å². The third kappa shape index (κ3) is 4.29. The van der Waals surface area contributed by atoms with Gasteiger partial charge in [0.25, 0.3) is 0 Å². The number of sulfone groups is 1. The Morgan fingerprint density at radius 3 is 2.33 bits per heavy atom. The van der Waals surface area contributed by atoms with E-state index in [9.17, 15) is 18.0 Å². The van der Waals surface area contributed by atoms with Crippen LogP contribution in [0.3, 0.4) is 0 Å². The Bertz CT molecular complexity index is 431. The highest BCUT2D eigenvalue weighted by atomic mass is 32.2. The highest BCUT2D eigenvalue weighted by molar-refractivity contribution is 7.90. The topological polar surface area (TPSA) is 101 Å². The van der Waals surface area contributed by atoms with Crippen LogP contribution in [0.2, 0.25) is 0 Å². The Labute approximate surface area is 107 Å². The third-order valence-corrected chi connectivity index (χ3v) is 4.17. The number of hydrogen-bond donors (Lipinski definition) is 2. The highest BCUT2D eigenvalue weighted by Crippen LogP contribution is 2.36. The lowest BCUT2D eigenvalue weighted by atomic mass is 9.95. The van der Waals surface area contributed by atoms with E-state index in [0.29, 0.717) is 12.8 Å². The van der Waals surface area contributed by atoms with Crippen LogP contribution >= 0.6 is 0 Å². The van der Waals surface area contributed by atoms with Crippen molar-refractivity contribution < 1.29 is 23.1 Å². The first-order valence-corrected chi connectivity index (χ1v) is 7.95. The van der Waals surface area contributed by atoms with E-state index in [-0.39, 0.29) is 24.1 Å². The van der Waals surface area contributed by atoms with Crippen LogP contribution in [-0.4, -0.2) is 44.0 Å². The molecule has 0 aromatic carbocycles. The Morgan fingerprint density at radius 2 is 1.83 bits per heavy atom. The van der Waals surface area contributed by atoms with Crippen molar-refractivity contribution in [2.75, 3.05) is 18.6 Å². The average Bonchev–Trinajstić information content (AvgIpc) is 2.58. The Kier molecular flexibility index (Phi) is 4.72. The fourth-order valence-corrected chi connectivity index (χ4v) is 2.82. The molecule has 0 saturated heterocycles. The lowest BCUT2D eigenvalue weighted by Crippen LogP contribution is -2.37. The molecule has 1 saturated carbocycles. The van der Waals surface area contributed by atoms with Crippen molar-refractivity contribution in [3.8, 4) is 0 Å². The predicted molar refractivity (Wildman–Crippen MR) is 65.7 cm³/mol. The number of aliphatic carboxylic acids is 1. The summed E-state index contributed by atoms with van der Waals surface area (Å²) < 4.78 is 21.8. The average molecular weight is 277 g/mol. The molecule has 104 valence electrons. The molecule has 0 radical (unpaired) electrons. The molecule has 0 bridgehead atoms. The minimum absolute atomic E-state index is 0.0366. The summed E-state index contributed by atoms with van der Waals surface area (Å²) in [4.78, 5) is 22.8. The van der Waals surface area contributed by atoms with Gasteiger partial charge in [-0.2, -0.15) is 0 Å². The largest absolute Gasteiger partial charge is 0.481 e. The molecule has 1 unspecified atom stereocenters. The SMILES string of the molecule is CC1C[C@H](C(=O)NCCS(C)(=O)=O)[C@H](C(=O)O)C1. The summed E-state index contributed by atoms with van der Waals surface area (Å²) in [5, 5.41) is 11.5. The van der Waals surface area contributed by atoms with Gasteiger partial charge in [-0.3, -0.25) is 9.59 Å². The van der Waals surface area contributed by atoms with Gasteiger partial charge in [-0.1, -0.05) is 6.92 Å². The van der Waals surface area contributed by atoms with Gasteiger partial charge >= 0.3 is 5.97 Å². The zero-order valence-electron chi connectivity index (χ0n) is 10.5. The van der Waals surface area contributed by atoms with Gasteiger partial charge in [-0.25, -0.2) is 8.42 Å². The Morgan fingerprint density at radius 1 is 1.28 bits per heavy atom. The van der Waals surface area contributed by atoms with Gasteiger partial charge in [-0.05, 0) is 18.8 Å². The first kappa shape index (κ1) is 14.9. The minimum Gasteiger partial charge on any atom is -0.481 e. The van der Waals surface area contributed by atoms with E-state index >= 15 is 0 Å². The highest BCUT2D eigenvalue weighted by Gasteiger charge is 2.40. The van der Waals surface area contributed by atoms with Crippen LogP contribution < -0.4 is 5.32 Å². The molecular formula is C11H19NO5S. The standard InChI is InChI=1S/C11H19NO5S/c1-7-5-8(9(6-7)11(14)15)10(13)12-3-4-18(2,16)17/h7-9H,3-6H2,1-2H3,(H,12,13)(H,14,15)/t7?,8-,9+/m0/s1. The van der Waals surface area contributed by atoms with Crippen LogP contribution in [0.4, 0.5) is 0 Å². The first-order valence-electron chi connectivity index (χ1n) is 5.89. The van der Waals surface area contributed by atoms with Gasteiger partial charge < -0.3 is 10.4 Å². The molecule has 1 amide bonds. The number of carboxylic acid groups (broad SMARTS) is 1. The van der Waals surface area contributed by atoms with Gasteiger partial charge in [0.2, 0.25) is 5.91 Å². The Balaban J connectivity index is 2.53. The van der Waals surface area contributed by atoms with Gasteiger partial charge in [0, 0.05) is 12.8 Å². The lowest BCUT2D eigenvalue weighted by molar-refractivity contribution is -0.146. The summed E-state index contributed by atoms with van der Waals surface area (Å²) in [6.45, 7) is 1.95. The van der Waals surface area contributed by atoms with Crippen LogP contribution in [0.25, 0.3) is 0 Å². The molecule has 1 fully saturated rings. The molecule has 3 atom stereocenters. The van der Waals surface area contributed by atoms with E-state index in [1.54, 1.807) is 0 Å². The van der Waals surface area contributed by atoms with E-state index in [1.165, 1.54) is 0 Å². The van der Waals surface area contributed by atoms with Crippen molar-refractivity contribution in [3.63, 3.8) is 0 Å². The molecule has 0 aromatic heterocycles. The molecule has 7 heteroatoms. The summed E-state index contributed by atoms with van der Waals surface area (Å²) >= 11 is 0. The van der Waals surface area contributed by atoms with Gasteiger partial charge in [0.1, 0.15) is 9.84 Å². The van der Waals surface area contributed by atoms with Crippen molar-refractivity contribution in [3.05, 3.63) is 0 Å². The zero-order chi connectivity index (χ0) is 13.9. The summed E-state index contributed by atoms with van der Waals surface area (Å²) in [6.07, 6.45) is 2.14. The number of carboxylic acids is 1. The number of amides is 1. The molecule has 1 rings (SSSR count). The van der Waals surface area contributed by atoms with Crippen molar-refractivity contribution >= 4 is 21.7 Å². The van der Waals surface area contributed by atoms with Crippen molar-refractivity contribution in [1.29, 1.82) is 0 Å². The maximum Gasteiger partial charge on any atom is 0.307 e. The molecule has 1 aliphatic carbocycles. The van der Waals surface area contributed by atoms with Crippen LogP contribution in [0.15, 0.2) is 0 Å². The normalized spacial score (nSPS) is 28.0. The number of rotatable bonds is 5. The van der Waals surface area contributed by atoms with E-state index < -0.39 is 27.6 Å². The van der Waals surface area contributed by atoms with Crippen LogP contribution in [0.1, 0.15) is 19.8 Å². The van der Waals surface area contributed by atoms with Crippen LogP contribution in [0, 0.1) is 17.8 Å². The van der Waals surface area contributed by atoms with Crippen LogP contribution in [0.5, 0.6) is 0 Å². The number of nitrogens with one attached hydrogen (secondary N) is 1. The number of carbonyl (C=O) groups excluding carboxylic acids is 1. The second-order valence-corrected chi connectivity index (χ2v) is 7.31. The van der Waals surface area contributed by atoms with Gasteiger partial charge in [-0.15, -0.1) is 0 Å². The molecule has 2 N–H and O–H groups in total. The first-order chi connectivity index (χ1) is 8.20. The van der Waals surface area contributed by atoms with Crippen molar-refractivity contribution in [2.24, 2.45) is 17.8 Å². The fourth-order valence-electron chi connectivity index (χ4n) is 2.35. The Hall–Kier alpha value is -1.11. The summed E-state index contributed by atoms with van der Waals surface area (Å²) in [5.41, 5.74) is 0. The van der Waals surface area contributed by atoms with Crippen molar-refractivity contribution in [1.82, 2.24) is 5.32 Å². The summed E-state index contributed by atoms with van der Waals surface area (Å²) in [6, 6.07) is 0. The summed E-state index contributed by atoms with van der Waals surface area (Å²) in [7, 11) is -3.11. The van der Waals surface area contributed by atoms with E-state index in [2.05, 4.69) is 5.32 Å². The molecule has 18 heavy (non-hydrogen) atoms. The second-order valence-electron chi connectivity index (χ2n) is 5.05. The molecule has 0 heterocycles. The third-order valence-electron chi connectivity index (χ3n) is 3.22. The number of hydrogen-bond acceptors (Lipinski definition) is 4. The lowest BCUT2D eigenvalue weighted by Gasteiger charge is -2.15. The van der Waals surface area contributed by atoms with Gasteiger partial charge in [0.15, 0.2) is 0 Å². The quantitative estimate of drug-likeness (QED) is 0.730. The monoisotopic (exact) mass is 277 g/mol. The molecule has 1 aliphatic rings. The van der Waals surface area contributed by atoms with E-state index in [0.717, 1.165) is 6.26 Å². The molecule has 6 nitrogen and oxygen atoms in total. The summed E-state index contributed by atoms with van der Waals surface area (Å²) in [5.74, 6) is -2.43. The maximum atomic E-state index is 11.8. The molecular weight excluding hydrogens is 258 g/mol. The smallest absolute Gasteiger partial charge is 0.307 e. The number of carbonyl (C=O) groups is 2. The molecule has 0 aliphatic heterocycles. The minimum atomic E-state index is -3.11. The van der Waals surface area contributed by atoms with E-state index in [1.807, 2.05) is 6.92 Å². The zero-order valence-corrected chi connectivity index (χ0v) is 11.4. The van der Waals surface area contributed by atoms with Gasteiger partial charge in [0.05, 0.1) is 17.6 Å². The van der Waals surface area contributed by atoms with Crippen molar-refractivity contribution in [2.45, 2.75) is 19.8 Å². The molecule has 0 aromatic rings. The maximum absolute atomic E-state index is 11.8. The van der Waals surface area contributed by atoms with E-state index in [4.69, 9.17) is 5.11 Å². The fraction of sp³-hybridized carbons (Fsp3) is 0.818.